The van der Waals surface area contributed by atoms with Gasteiger partial charge in [-0.1, -0.05) is 17.7 Å². The fourth-order valence-corrected chi connectivity index (χ4v) is 2.24. The van der Waals surface area contributed by atoms with Crippen LogP contribution in [0.25, 0.3) is 0 Å². The summed E-state index contributed by atoms with van der Waals surface area (Å²) in [4.78, 5) is 14.1. The van der Waals surface area contributed by atoms with Gasteiger partial charge in [0.25, 0.3) is 0 Å². The summed E-state index contributed by atoms with van der Waals surface area (Å²) >= 11 is 0. The molecule has 1 saturated heterocycles. The van der Waals surface area contributed by atoms with Gasteiger partial charge in [-0.15, -0.1) is 0 Å². The number of carbonyl (C=O) groups excluding carboxylic acids is 1. The molecule has 2 rings (SSSR count). The van der Waals surface area contributed by atoms with Gasteiger partial charge in [-0.3, -0.25) is 4.79 Å². The van der Waals surface area contributed by atoms with Crippen LogP contribution < -0.4 is 10.2 Å². The van der Waals surface area contributed by atoms with E-state index < -0.39 is 0 Å². The van der Waals surface area contributed by atoms with E-state index in [-0.39, 0.29) is 5.91 Å². The second-order valence-electron chi connectivity index (χ2n) is 4.92. The Labute approximate surface area is 108 Å². The minimum absolute atomic E-state index is 0.0540. The molecule has 1 aromatic carbocycles. The highest BCUT2D eigenvalue weighted by atomic mass is 16.1. The van der Waals surface area contributed by atoms with Crippen molar-refractivity contribution in [2.45, 2.75) is 26.7 Å². The van der Waals surface area contributed by atoms with Gasteiger partial charge in [-0.25, -0.2) is 0 Å². The average Bonchev–Trinajstić information content (AvgIpc) is 2.81. The second kappa shape index (κ2) is 5.71. The topological polar surface area (TPSA) is 32.3 Å². The highest BCUT2D eigenvalue weighted by molar-refractivity contribution is 6.01. The summed E-state index contributed by atoms with van der Waals surface area (Å²) in [6.07, 6.45) is 4.09. The Morgan fingerprint density at radius 1 is 1.22 bits per heavy atom. The molecule has 1 heterocycles. The van der Waals surface area contributed by atoms with E-state index in [1.807, 2.05) is 32.0 Å². The summed E-state index contributed by atoms with van der Waals surface area (Å²) in [6.45, 7) is 6.00. The molecule has 18 heavy (non-hydrogen) atoms. The smallest absolute Gasteiger partial charge is 0.248 e. The predicted molar refractivity (Wildman–Crippen MR) is 75.9 cm³/mol. The van der Waals surface area contributed by atoms with E-state index in [9.17, 15) is 4.79 Å². The zero-order valence-corrected chi connectivity index (χ0v) is 11.1. The average molecular weight is 244 g/mol. The number of anilines is 2. The van der Waals surface area contributed by atoms with Crippen LogP contribution in [-0.2, 0) is 4.79 Å². The number of hydrogen-bond donors (Lipinski definition) is 1. The van der Waals surface area contributed by atoms with Crippen molar-refractivity contribution in [3.05, 3.63) is 35.9 Å². The molecule has 0 atom stereocenters. The number of rotatable bonds is 3. The lowest BCUT2D eigenvalue weighted by Crippen LogP contribution is -2.20. The van der Waals surface area contributed by atoms with Gasteiger partial charge in [0.1, 0.15) is 0 Å². The fourth-order valence-electron chi connectivity index (χ4n) is 2.24. The van der Waals surface area contributed by atoms with Crippen molar-refractivity contribution in [3.8, 4) is 0 Å². The molecule has 0 unspecified atom stereocenters. The van der Waals surface area contributed by atoms with Crippen LogP contribution in [0, 0.1) is 0 Å². The Morgan fingerprint density at radius 2 is 1.89 bits per heavy atom. The lowest BCUT2D eigenvalue weighted by Gasteiger charge is -2.21. The summed E-state index contributed by atoms with van der Waals surface area (Å²) in [5.41, 5.74) is 3.04. The van der Waals surface area contributed by atoms with Gasteiger partial charge >= 0.3 is 0 Å². The lowest BCUT2D eigenvalue weighted by molar-refractivity contribution is -0.111. The van der Waals surface area contributed by atoms with Gasteiger partial charge < -0.3 is 10.2 Å². The second-order valence-corrected chi connectivity index (χ2v) is 4.92. The van der Waals surface area contributed by atoms with Gasteiger partial charge in [-0.2, -0.15) is 0 Å². The molecule has 1 aromatic rings. The fraction of sp³-hybridized carbons (Fsp3) is 0.400. The monoisotopic (exact) mass is 244 g/mol. The summed E-state index contributed by atoms with van der Waals surface area (Å²) in [5, 5.41) is 2.96. The van der Waals surface area contributed by atoms with E-state index in [1.165, 1.54) is 12.8 Å². The molecule has 3 heteroatoms. The third kappa shape index (κ3) is 3.13. The molecule has 96 valence electrons. The van der Waals surface area contributed by atoms with Crippen LogP contribution in [0.3, 0.4) is 0 Å². The van der Waals surface area contributed by atoms with Crippen LogP contribution in [0.5, 0.6) is 0 Å². The van der Waals surface area contributed by atoms with E-state index in [2.05, 4.69) is 16.3 Å². The van der Waals surface area contributed by atoms with Crippen molar-refractivity contribution in [2.24, 2.45) is 0 Å². The van der Waals surface area contributed by atoms with Gasteiger partial charge in [0.05, 0.1) is 11.4 Å². The SMILES string of the molecule is CC(C)=CC(=O)Nc1ccccc1N1CCCC1. The molecule has 0 bridgehead atoms. The summed E-state index contributed by atoms with van der Waals surface area (Å²) in [5.74, 6) is -0.0540. The van der Waals surface area contributed by atoms with Gasteiger partial charge in [0, 0.05) is 19.2 Å². The first-order valence-corrected chi connectivity index (χ1v) is 6.46. The summed E-state index contributed by atoms with van der Waals surface area (Å²) in [7, 11) is 0. The van der Waals surface area contributed by atoms with Crippen molar-refractivity contribution in [1.82, 2.24) is 0 Å². The Morgan fingerprint density at radius 3 is 2.56 bits per heavy atom. The maximum absolute atomic E-state index is 11.8. The van der Waals surface area contributed by atoms with Gasteiger partial charge in [0.15, 0.2) is 0 Å². The van der Waals surface area contributed by atoms with Crippen LogP contribution in [0.4, 0.5) is 11.4 Å². The van der Waals surface area contributed by atoms with Gasteiger partial charge in [-0.05, 0) is 38.8 Å². The van der Waals surface area contributed by atoms with Crippen molar-refractivity contribution in [2.75, 3.05) is 23.3 Å². The summed E-state index contributed by atoms with van der Waals surface area (Å²) < 4.78 is 0. The standard InChI is InChI=1S/C15H20N2O/c1-12(2)11-15(18)16-13-7-3-4-8-14(13)17-9-5-6-10-17/h3-4,7-8,11H,5-6,9-10H2,1-2H3,(H,16,18). The normalized spacial score (nSPS) is 14.4. The number of benzene rings is 1. The minimum Gasteiger partial charge on any atom is -0.370 e. The number of amides is 1. The number of nitrogens with zero attached hydrogens (tertiary/aromatic N) is 1. The molecular formula is C15H20N2O. The molecule has 1 aliphatic heterocycles. The van der Waals surface area contributed by atoms with Crippen LogP contribution in [0.15, 0.2) is 35.9 Å². The minimum atomic E-state index is -0.0540. The molecule has 0 aromatic heterocycles. The van der Waals surface area contributed by atoms with E-state index in [0.717, 1.165) is 30.0 Å². The number of hydrogen-bond acceptors (Lipinski definition) is 2. The van der Waals surface area contributed by atoms with Crippen LogP contribution >= 0.6 is 0 Å². The Hall–Kier alpha value is -1.77. The molecule has 1 aliphatic rings. The quantitative estimate of drug-likeness (QED) is 0.828. The molecule has 0 aliphatic carbocycles. The molecule has 3 nitrogen and oxygen atoms in total. The Kier molecular flexibility index (Phi) is 4.03. The van der Waals surface area contributed by atoms with E-state index in [4.69, 9.17) is 0 Å². The molecule has 1 fully saturated rings. The Balaban J connectivity index is 2.17. The summed E-state index contributed by atoms with van der Waals surface area (Å²) in [6, 6.07) is 8.01. The van der Waals surface area contributed by atoms with Crippen molar-refractivity contribution >= 4 is 17.3 Å². The van der Waals surface area contributed by atoms with Crippen LogP contribution in [-0.4, -0.2) is 19.0 Å². The zero-order valence-electron chi connectivity index (χ0n) is 11.1. The largest absolute Gasteiger partial charge is 0.370 e. The number of nitrogens with one attached hydrogen (secondary N) is 1. The van der Waals surface area contributed by atoms with E-state index >= 15 is 0 Å². The van der Waals surface area contributed by atoms with Crippen molar-refractivity contribution in [1.29, 1.82) is 0 Å². The molecule has 0 spiro atoms. The maximum atomic E-state index is 11.8. The third-order valence-corrected chi connectivity index (χ3v) is 3.03. The van der Waals surface area contributed by atoms with E-state index in [1.54, 1.807) is 6.08 Å². The maximum Gasteiger partial charge on any atom is 0.248 e. The predicted octanol–water partition coefficient (Wildman–Crippen LogP) is 3.19. The first kappa shape index (κ1) is 12.7. The van der Waals surface area contributed by atoms with Crippen LogP contribution in [0.1, 0.15) is 26.7 Å². The molecule has 0 saturated carbocycles. The first-order chi connectivity index (χ1) is 8.66. The number of allylic oxidation sites excluding steroid dienone is 1. The molecule has 0 radical (unpaired) electrons. The third-order valence-electron chi connectivity index (χ3n) is 3.03. The molecular weight excluding hydrogens is 224 g/mol. The Bertz CT molecular complexity index is 455. The highest BCUT2D eigenvalue weighted by Gasteiger charge is 2.15. The van der Waals surface area contributed by atoms with Gasteiger partial charge in [0.2, 0.25) is 5.91 Å². The van der Waals surface area contributed by atoms with E-state index in [0.29, 0.717) is 0 Å². The van der Waals surface area contributed by atoms with Crippen molar-refractivity contribution in [3.63, 3.8) is 0 Å². The number of para-hydroxylation sites is 2. The molecule has 1 N–H and O–H groups in total. The highest BCUT2D eigenvalue weighted by Crippen LogP contribution is 2.28. The zero-order chi connectivity index (χ0) is 13.0. The molecule has 1 amide bonds. The van der Waals surface area contributed by atoms with Crippen molar-refractivity contribution < 1.29 is 4.79 Å². The first-order valence-electron chi connectivity index (χ1n) is 6.46. The van der Waals surface area contributed by atoms with Crippen LogP contribution in [0.2, 0.25) is 0 Å². The number of carbonyl (C=O) groups is 1. The lowest BCUT2D eigenvalue weighted by atomic mass is 10.2.